The highest BCUT2D eigenvalue weighted by atomic mass is 16.5. The summed E-state index contributed by atoms with van der Waals surface area (Å²) in [6.45, 7) is 7.24. The largest absolute Gasteiger partial charge is 0.459 e. The zero-order valence-corrected chi connectivity index (χ0v) is 12.0. The highest BCUT2D eigenvalue weighted by molar-refractivity contribution is 5.90. The maximum Gasteiger partial charge on any atom is 0.338 e. The first-order valence-corrected chi connectivity index (χ1v) is 7.14. The van der Waals surface area contributed by atoms with E-state index in [1.165, 1.54) is 5.56 Å². The van der Waals surface area contributed by atoms with Crippen LogP contribution < -0.4 is 5.32 Å². The molecule has 0 bridgehead atoms. The number of carbonyl (C=O) groups is 1. The van der Waals surface area contributed by atoms with Gasteiger partial charge < -0.3 is 10.1 Å². The van der Waals surface area contributed by atoms with Crippen molar-refractivity contribution in [3.8, 4) is 0 Å². The van der Waals surface area contributed by atoms with Crippen LogP contribution in [0.4, 0.5) is 5.69 Å². The summed E-state index contributed by atoms with van der Waals surface area (Å²) in [5.41, 5.74) is 3.04. The minimum atomic E-state index is -0.207. The standard InChI is InChI=1S/C16H23NO2/c1-11(2)9-12(3)19-16(18)14-6-7-15-13(10-14)5-4-8-17-15/h6-7,10-12,17H,4-5,8-9H2,1-3H3. The third kappa shape index (κ3) is 3.72. The van der Waals surface area contributed by atoms with Crippen LogP contribution in [-0.2, 0) is 11.2 Å². The molecule has 19 heavy (non-hydrogen) atoms. The summed E-state index contributed by atoms with van der Waals surface area (Å²) in [7, 11) is 0. The third-order valence-electron chi connectivity index (χ3n) is 3.39. The Morgan fingerprint density at radius 2 is 2.16 bits per heavy atom. The molecule has 3 nitrogen and oxygen atoms in total. The smallest absolute Gasteiger partial charge is 0.338 e. The van der Waals surface area contributed by atoms with Crippen LogP contribution in [0.3, 0.4) is 0 Å². The van der Waals surface area contributed by atoms with E-state index in [4.69, 9.17) is 4.74 Å². The Balaban J connectivity index is 2.03. The van der Waals surface area contributed by atoms with Crippen molar-refractivity contribution in [1.29, 1.82) is 0 Å². The van der Waals surface area contributed by atoms with Crippen LogP contribution in [0.15, 0.2) is 18.2 Å². The van der Waals surface area contributed by atoms with Crippen molar-refractivity contribution in [2.24, 2.45) is 5.92 Å². The van der Waals surface area contributed by atoms with E-state index < -0.39 is 0 Å². The lowest BCUT2D eigenvalue weighted by Gasteiger charge is -2.19. The molecule has 0 fully saturated rings. The molecule has 3 heteroatoms. The van der Waals surface area contributed by atoms with Gasteiger partial charge in [-0.1, -0.05) is 13.8 Å². The van der Waals surface area contributed by atoms with Crippen molar-refractivity contribution in [2.75, 3.05) is 11.9 Å². The van der Waals surface area contributed by atoms with Crippen LogP contribution in [0.5, 0.6) is 0 Å². The number of hydrogen-bond acceptors (Lipinski definition) is 3. The maximum atomic E-state index is 12.1. The van der Waals surface area contributed by atoms with Gasteiger partial charge in [0.15, 0.2) is 0 Å². The fourth-order valence-corrected chi connectivity index (χ4v) is 2.56. The van der Waals surface area contributed by atoms with Crippen LogP contribution >= 0.6 is 0 Å². The minimum absolute atomic E-state index is 0.0262. The second-order valence-corrected chi connectivity index (χ2v) is 5.75. The van der Waals surface area contributed by atoms with Gasteiger partial charge in [0.1, 0.15) is 0 Å². The van der Waals surface area contributed by atoms with E-state index in [1.54, 1.807) is 0 Å². The van der Waals surface area contributed by atoms with Crippen molar-refractivity contribution in [3.05, 3.63) is 29.3 Å². The Kier molecular flexibility index (Phi) is 4.46. The summed E-state index contributed by atoms with van der Waals surface area (Å²) in [5, 5.41) is 3.34. The first kappa shape index (κ1) is 13.9. The Morgan fingerprint density at radius 3 is 2.89 bits per heavy atom. The molecule has 0 aliphatic carbocycles. The summed E-state index contributed by atoms with van der Waals surface area (Å²) < 4.78 is 5.48. The number of hydrogen-bond donors (Lipinski definition) is 1. The van der Waals surface area contributed by atoms with E-state index >= 15 is 0 Å². The van der Waals surface area contributed by atoms with Gasteiger partial charge in [0.05, 0.1) is 11.7 Å². The van der Waals surface area contributed by atoms with Gasteiger partial charge in [-0.25, -0.2) is 4.79 Å². The number of aryl methyl sites for hydroxylation is 1. The Morgan fingerprint density at radius 1 is 1.37 bits per heavy atom. The summed E-state index contributed by atoms with van der Waals surface area (Å²) in [6.07, 6.45) is 3.03. The fourth-order valence-electron chi connectivity index (χ4n) is 2.56. The average Bonchev–Trinajstić information content (AvgIpc) is 2.37. The van der Waals surface area contributed by atoms with E-state index in [2.05, 4.69) is 19.2 Å². The van der Waals surface area contributed by atoms with Crippen LogP contribution in [0, 0.1) is 5.92 Å². The average molecular weight is 261 g/mol. The lowest BCUT2D eigenvalue weighted by Crippen LogP contribution is -2.18. The van der Waals surface area contributed by atoms with Crippen molar-refractivity contribution in [2.45, 2.75) is 46.1 Å². The molecule has 0 saturated carbocycles. The predicted octanol–water partition coefficient (Wildman–Crippen LogP) is 3.64. The molecule has 1 aliphatic rings. The maximum absolute atomic E-state index is 12.1. The molecule has 0 saturated heterocycles. The van der Waals surface area contributed by atoms with Gasteiger partial charge in [0.2, 0.25) is 0 Å². The van der Waals surface area contributed by atoms with E-state index in [-0.39, 0.29) is 12.1 Å². The first-order chi connectivity index (χ1) is 9.06. The van der Waals surface area contributed by atoms with Crippen molar-refractivity contribution in [3.63, 3.8) is 0 Å². The normalized spacial score (nSPS) is 15.6. The molecule has 1 unspecified atom stereocenters. The number of rotatable bonds is 4. The summed E-state index contributed by atoms with van der Waals surface area (Å²) in [5.74, 6) is 0.331. The van der Waals surface area contributed by atoms with Gasteiger partial charge >= 0.3 is 5.97 Å². The van der Waals surface area contributed by atoms with Gasteiger partial charge in [-0.3, -0.25) is 0 Å². The molecule has 1 N–H and O–H groups in total. The van der Waals surface area contributed by atoms with Crippen LogP contribution in [0.25, 0.3) is 0 Å². The number of nitrogens with one attached hydrogen (secondary N) is 1. The molecule has 1 aromatic carbocycles. The topological polar surface area (TPSA) is 38.3 Å². The second-order valence-electron chi connectivity index (χ2n) is 5.75. The zero-order valence-electron chi connectivity index (χ0n) is 12.0. The first-order valence-electron chi connectivity index (χ1n) is 7.14. The molecule has 1 atom stereocenters. The molecule has 1 heterocycles. The zero-order chi connectivity index (χ0) is 13.8. The molecule has 0 spiro atoms. The molecule has 2 rings (SSSR count). The number of esters is 1. The van der Waals surface area contributed by atoms with Gasteiger partial charge in [-0.15, -0.1) is 0 Å². The lowest BCUT2D eigenvalue weighted by molar-refractivity contribution is 0.0299. The number of fused-ring (bicyclic) bond motifs is 1. The highest BCUT2D eigenvalue weighted by Crippen LogP contribution is 2.23. The fraction of sp³-hybridized carbons (Fsp3) is 0.562. The van der Waals surface area contributed by atoms with E-state index in [0.29, 0.717) is 11.5 Å². The van der Waals surface area contributed by atoms with Gasteiger partial charge in [0, 0.05) is 12.2 Å². The van der Waals surface area contributed by atoms with Gasteiger partial charge in [0.25, 0.3) is 0 Å². The van der Waals surface area contributed by atoms with Gasteiger partial charge in [-0.2, -0.15) is 0 Å². The Labute approximate surface area is 115 Å². The lowest BCUT2D eigenvalue weighted by atomic mass is 10.0. The quantitative estimate of drug-likeness (QED) is 0.841. The number of benzene rings is 1. The number of anilines is 1. The third-order valence-corrected chi connectivity index (χ3v) is 3.39. The van der Waals surface area contributed by atoms with Crippen LogP contribution in [0.2, 0.25) is 0 Å². The van der Waals surface area contributed by atoms with Crippen molar-refractivity contribution < 1.29 is 9.53 Å². The monoisotopic (exact) mass is 261 g/mol. The molecule has 0 aromatic heterocycles. The number of ether oxygens (including phenoxy) is 1. The molecule has 1 aliphatic heterocycles. The van der Waals surface area contributed by atoms with Crippen LogP contribution in [-0.4, -0.2) is 18.6 Å². The summed E-state index contributed by atoms with van der Waals surface area (Å²) in [6, 6.07) is 5.80. The van der Waals surface area contributed by atoms with E-state index in [9.17, 15) is 4.79 Å². The highest BCUT2D eigenvalue weighted by Gasteiger charge is 2.16. The van der Waals surface area contributed by atoms with Gasteiger partial charge in [-0.05, 0) is 55.9 Å². The molecular weight excluding hydrogens is 238 g/mol. The Hall–Kier alpha value is -1.51. The number of carbonyl (C=O) groups excluding carboxylic acids is 1. The van der Waals surface area contributed by atoms with Crippen molar-refractivity contribution >= 4 is 11.7 Å². The van der Waals surface area contributed by atoms with E-state index in [0.717, 1.165) is 31.5 Å². The summed E-state index contributed by atoms with van der Waals surface area (Å²) in [4.78, 5) is 12.1. The molecule has 104 valence electrons. The minimum Gasteiger partial charge on any atom is -0.459 e. The molecular formula is C16H23NO2. The second kappa shape index (κ2) is 6.09. The molecule has 0 amide bonds. The summed E-state index contributed by atoms with van der Waals surface area (Å²) >= 11 is 0. The molecule has 1 aromatic rings. The van der Waals surface area contributed by atoms with Crippen molar-refractivity contribution in [1.82, 2.24) is 0 Å². The predicted molar refractivity (Wildman–Crippen MR) is 77.6 cm³/mol. The Bertz CT molecular complexity index is 454. The SMILES string of the molecule is CC(C)CC(C)OC(=O)c1ccc2c(c1)CCCN2. The van der Waals surface area contributed by atoms with E-state index in [1.807, 2.05) is 25.1 Å². The molecule has 0 radical (unpaired) electrons. The van der Waals surface area contributed by atoms with Crippen LogP contribution in [0.1, 0.15) is 49.5 Å².